The van der Waals surface area contributed by atoms with Crippen LogP contribution in [0, 0.1) is 13.8 Å². The highest BCUT2D eigenvalue weighted by atomic mass is 32.1. The fraction of sp³-hybridized carbons (Fsp3) is 0.571. The van der Waals surface area contributed by atoms with Crippen molar-refractivity contribution in [3.63, 3.8) is 0 Å². The first kappa shape index (κ1) is 14.2. The molecule has 0 bridgehead atoms. The van der Waals surface area contributed by atoms with Gasteiger partial charge >= 0.3 is 0 Å². The van der Waals surface area contributed by atoms with Gasteiger partial charge in [-0.15, -0.1) is 11.3 Å². The van der Waals surface area contributed by atoms with E-state index in [0.29, 0.717) is 0 Å². The Morgan fingerprint density at radius 1 is 1.37 bits per heavy atom. The van der Waals surface area contributed by atoms with Crippen molar-refractivity contribution >= 4 is 11.3 Å². The first-order chi connectivity index (χ1) is 9.17. The van der Waals surface area contributed by atoms with Crippen molar-refractivity contribution in [1.82, 2.24) is 19.9 Å². The van der Waals surface area contributed by atoms with Crippen LogP contribution < -0.4 is 5.32 Å². The first-order valence-corrected chi connectivity index (χ1v) is 7.67. The molecule has 1 N–H and O–H groups in total. The van der Waals surface area contributed by atoms with Gasteiger partial charge in [0.25, 0.3) is 0 Å². The molecule has 0 radical (unpaired) electrons. The third kappa shape index (κ3) is 3.04. The summed E-state index contributed by atoms with van der Waals surface area (Å²) in [6.07, 6.45) is 5.03. The molecular formula is C14H22N4S. The Hall–Kier alpha value is -1.20. The molecule has 0 aliphatic heterocycles. The van der Waals surface area contributed by atoms with Gasteiger partial charge in [-0.05, 0) is 33.7 Å². The van der Waals surface area contributed by atoms with Crippen molar-refractivity contribution in [3.05, 3.63) is 33.8 Å². The topological polar surface area (TPSA) is 42.7 Å². The van der Waals surface area contributed by atoms with Gasteiger partial charge in [0.1, 0.15) is 11.9 Å². The van der Waals surface area contributed by atoms with Crippen molar-refractivity contribution in [2.75, 3.05) is 6.54 Å². The summed E-state index contributed by atoms with van der Waals surface area (Å²) in [4.78, 5) is 10.4. The molecule has 2 aromatic heterocycles. The van der Waals surface area contributed by atoms with Gasteiger partial charge in [-0.25, -0.2) is 9.97 Å². The zero-order chi connectivity index (χ0) is 13.8. The smallest absolute Gasteiger partial charge is 0.131 e. The molecule has 4 nitrogen and oxygen atoms in total. The number of nitrogens with zero attached hydrogens (tertiary/aromatic N) is 3. The van der Waals surface area contributed by atoms with E-state index in [1.54, 1.807) is 11.3 Å². The number of aryl methyl sites for hydroxylation is 3. The predicted molar refractivity (Wildman–Crippen MR) is 79.6 cm³/mol. The molecule has 19 heavy (non-hydrogen) atoms. The molecule has 2 heterocycles. The van der Waals surface area contributed by atoms with Crippen molar-refractivity contribution in [3.8, 4) is 0 Å². The molecule has 0 aromatic carbocycles. The highest BCUT2D eigenvalue weighted by Gasteiger charge is 2.22. The molecule has 0 amide bonds. The summed E-state index contributed by atoms with van der Waals surface area (Å²) in [6, 6.07) is 0.154. The lowest BCUT2D eigenvalue weighted by Gasteiger charge is -2.18. The van der Waals surface area contributed by atoms with Crippen LogP contribution in [0.1, 0.15) is 47.7 Å². The minimum absolute atomic E-state index is 0.154. The van der Waals surface area contributed by atoms with Crippen LogP contribution in [0.4, 0.5) is 0 Å². The monoisotopic (exact) mass is 278 g/mol. The fourth-order valence-electron chi connectivity index (χ4n) is 2.25. The molecule has 2 aromatic rings. The maximum Gasteiger partial charge on any atom is 0.131 e. The molecule has 1 atom stereocenters. The van der Waals surface area contributed by atoms with Crippen molar-refractivity contribution in [1.29, 1.82) is 0 Å². The summed E-state index contributed by atoms with van der Waals surface area (Å²) >= 11 is 1.76. The van der Waals surface area contributed by atoms with Crippen LogP contribution in [0.25, 0.3) is 0 Å². The Morgan fingerprint density at radius 2 is 2.16 bits per heavy atom. The van der Waals surface area contributed by atoms with Crippen LogP contribution in [0.3, 0.4) is 0 Å². The lowest BCUT2D eigenvalue weighted by Crippen LogP contribution is -2.26. The second-order valence-corrected chi connectivity index (χ2v) is 5.88. The number of aromatic nitrogens is 3. The second kappa shape index (κ2) is 6.30. The number of thiazole rings is 1. The molecule has 0 saturated heterocycles. The molecule has 5 heteroatoms. The lowest BCUT2D eigenvalue weighted by molar-refractivity contribution is 0.545. The molecule has 0 aliphatic rings. The standard InChI is InChI=1S/C14H22N4S/c1-5-7-15-12(13-10(3)17-11(4)19-13)14-16-8-9-18(14)6-2/h8-9,12,15H,5-7H2,1-4H3. The second-order valence-electron chi connectivity index (χ2n) is 4.64. The van der Waals surface area contributed by atoms with E-state index in [0.717, 1.165) is 36.0 Å². The molecule has 0 fully saturated rings. The first-order valence-electron chi connectivity index (χ1n) is 6.85. The average molecular weight is 278 g/mol. The lowest BCUT2D eigenvalue weighted by atomic mass is 10.2. The van der Waals surface area contributed by atoms with Gasteiger partial charge in [0.15, 0.2) is 0 Å². The van der Waals surface area contributed by atoms with E-state index >= 15 is 0 Å². The van der Waals surface area contributed by atoms with Crippen molar-refractivity contribution < 1.29 is 0 Å². The minimum Gasteiger partial charge on any atom is -0.334 e. The number of imidazole rings is 1. The quantitative estimate of drug-likeness (QED) is 0.883. The molecule has 104 valence electrons. The van der Waals surface area contributed by atoms with Crippen LogP contribution in [-0.2, 0) is 6.54 Å². The summed E-state index contributed by atoms with van der Waals surface area (Å²) < 4.78 is 2.20. The van der Waals surface area contributed by atoms with Gasteiger partial charge in [-0.1, -0.05) is 6.92 Å². The zero-order valence-corrected chi connectivity index (χ0v) is 12.9. The van der Waals surface area contributed by atoms with Gasteiger partial charge in [-0.2, -0.15) is 0 Å². The average Bonchev–Trinajstić information content (AvgIpc) is 2.97. The molecule has 0 aliphatic carbocycles. The van der Waals surface area contributed by atoms with Crippen LogP contribution in [0.15, 0.2) is 12.4 Å². The van der Waals surface area contributed by atoms with E-state index in [1.807, 2.05) is 12.4 Å². The van der Waals surface area contributed by atoms with E-state index in [1.165, 1.54) is 4.88 Å². The van der Waals surface area contributed by atoms with Crippen LogP contribution in [0.2, 0.25) is 0 Å². The van der Waals surface area contributed by atoms with Gasteiger partial charge in [-0.3, -0.25) is 0 Å². The Kier molecular flexibility index (Phi) is 4.71. The molecule has 2 rings (SSSR count). The van der Waals surface area contributed by atoms with E-state index < -0.39 is 0 Å². The number of nitrogens with one attached hydrogen (secondary N) is 1. The molecule has 0 spiro atoms. The highest BCUT2D eigenvalue weighted by Crippen LogP contribution is 2.29. The van der Waals surface area contributed by atoms with Crippen LogP contribution in [0.5, 0.6) is 0 Å². The van der Waals surface area contributed by atoms with Crippen molar-refractivity contribution in [2.45, 2.75) is 46.7 Å². The maximum atomic E-state index is 4.55. The van der Waals surface area contributed by atoms with E-state index in [9.17, 15) is 0 Å². The highest BCUT2D eigenvalue weighted by molar-refractivity contribution is 7.11. The molecule has 0 saturated carbocycles. The minimum atomic E-state index is 0.154. The zero-order valence-electron chi connectivity index (χ0n) is 12.1. The summed E-state index contributed by atoms with van der Waals surface area (Å²) in [5.74, 6) is 1.09. The normalized spacial score (nSPS) is 12.8. The number of rotatable bonds is 6. The van der Waals surface area contributed by atoms with Gasteiger partial charge < -0.3 is 9.88 Å². The molecule has 1 unspecified atom stereocenters. The van der Waals surface area contributed by atoms with Gasteiger partial charge in [0.2, 0.25) is 0 Å². The largest absolute Gasteiger partial charge is 0.334 e. The Balaban J connectivity index is 2.38. The Bertz CT molecular complexity index is 529. The summed E-state index contributed by atoms with van der Waals surface area (Å²) in [5, 5.41) is 4.72. The Morgan fingerprint density at radius 3 is 2.74 bits per heavy atom. The van der Waals surface area contributed by atoms with E-state index in [2.05, 4.69) is 47.5 Å². The Labute approximate surface area is 118 Å². The SMILES string of the molecule is CCCNC(c1sc(C)nc1C)c1nccn1CC. The van der Waals surface area contributed by atoms with E-state index in [4.69, 9.17) is 0 Å². The summed E-state index contributed by atoms with van der Waals surface area (Å²) in [6.45, 7) is 10.4. The third-order valence-electron chi connectivity index (χ3n) is 3.15. The van der Waals surface area contributed by atoms with Gasteiger partial charge in [0, 0.05) is 18.9 Å². The predicted octanol–water partition coefficient (Wildman–Crippen LogP) is 3.07. The van der Waals surface area contributed by atoms with Crippen molar-refractivity contribution in [2.24, 2.45) is 0 Å². The number of hydrogen-bond donors (Lipinski definition) is 1. The molecular weight excluding hydrogens is 256 g/mol. The third-order valence-corrected chi connectivity index (χ3v) is 4.28. The maximum absolute atomic E-state index is 4.55. The summed E-state index contributed by atoms with van der Waals surface area (Å²) in [5.41, 5.74) is 1.11. The van der Waals surface area contributed by atoms with Gasteiger partial charge in [0.05, 0.1) is 15.6 Å². The van der Waals surface area contributed by atoms with E-state index in [-0.39, 0.29) is 6.04 Å². The van der Waals surface area contributed by atoms with Crippen LogP contribution >= 0.6 is 11.3 Å². The number of hydrogen-bond acceptors (Lipinski definition) is 4. The summed E-state index contributed by atoms with van der Waals surface area (Å²) in [7, 11) is 0. The van der Waals surface area contributed by atoms with Crippen LogP contribution in [-0.4, -0.2) is 21.1 Å². The fourth-order valence-corrected chi connectivity index (χ4v) is 3.25.